The van der Waals surface area contributed by atoms with Crippen molar-refractivity contribution in [2.45, 2.75) is 38.3 Å². The fourth-order valence-corrected chi connectivity index (χ4v) is 3.13. The molecule has 3 rings (SSSR count). The highest BCUT2D eigenvalue weighted by atomic mass is 16.5. The van der Waals surface area contributed by atoms with Crippen LogP contribution in [0.5, 0.6) is 0 Å². The molecule has 4 nitrogen and oxygen atoms in total. The second kappa shape index (κ2) is 5.29. The summed E-state index contributed by atoms with van der Waals surface area (Å²) in [6, 6.07) is 8.29. The minimum Gasteiger partial charge on any atom is -0.468 e. The molecule has 20 heavy (non-hydrogen) atoms. The second-order valence-corrected chi connectivity index (χ2v) is 5.42. The summed E-state index contributed by atoms with van der Waals surface area (Å²) >= 11 is 0. The van der Waals surface area contributed by atoms with Gasteiger partial charge in [0.05, 0.1) is 7.11 Å². The van der Waals surface area contributed by atoms with Gasteiger partial charge in [0.15, 0.2) is 0 Å². The average molecular weight is 272 g/mol. The van der Waals surface area contributed by atoms with Gasteiger partial charge < -0.3 is 9.72 Å². The summed E-state index contributed by atoms with van der Waals surface area (Å²) in [6.07, 6.45) is 3.28. The van der Waals surface area contributed by atoms with Gasteiger partial charge in [0, 0.05) is 22.6 Å². The van der Waals surface area contributed by atoms with Gasteiger partial charge in [-0.2, -0.15) is 0 Å². The van der Waals surface area contributed by atoms with Crippen LogP contribution in [0.2, 0.25) is 0 Å². The van der Waals surface area contributed by atoms with E-state index in [9.17, 15) is 4.79 Å². The van der Waals surface area contributed by atoms with Crippen molar-refractivity contribution in [3.05, 3.63) is 35.5 Å². The van der Waals surface area contributed by atoms with Crippen LogP contribution >= 0.6 is 0 Å². The highest BCUT2D eigenvalue weighted by Gasteiger charge is 2.26. The molecule has 0 saturated carbocycles. The van der Waals surface area contributed by atoms with Crippen molar-refractivity contribution in [1.82, 2.24) is 10.3 Å². The normalized spacial score (nSPS) is 19.6. The molecule has 1 aliphatic rings. The maximum atomic E-state index is 11.6. The van der Waals surface area contributed by atoms with Gasteiger partial charge in [-0.15, -0.1) is 0 Å². The minimum absolute atomic E-state index is 0.195. The van der Waals surface area contributed by atoms with Gasteiger partial charge in [-0.1, -0.05) is 18.2 Å². The minimum atomic E-state index is -0.289. The van der Waals surface area contributed by atoms with Crippen molar-refractivity contribution in [3.63, 3.8) is 0 Å². The van der Waals surface area contributed by atoms with Crippen LogP contribution in [-0.4, -0.2) is 24.1 Å². The van der Waals surface area contributed by atoms with Crippen LogP contribution in [-0.2, 0) is 16.0 Å². The van der Waals surface area contributed by atoms with Crippen molar-refractivity contribution in [2.24, 2.45) is 0 Å². The lowest BCUT2D eigenvalue weighted by Crippen LogP contribution is -2.38. The van der Waals surface area contributed by atoms with E-state index in [0.29, 0.717) is 0 Å². The quantitative estimate of drug-likeness (QED) is 0.845. The molecule has 0 radical (unpaired) electrons. The molecule has 106 valence electrons. The summed E-state index contributed by atoms with van der Waals surface area (Å²) in [4.78, 5) is 15.1. The number of aromatic nitrogens is 1. The number of carbonyl (C=O) groups excluding carboxylic acids is 1. The van der Waals surface area contributed by atoms with Gasteiger partial charge in [0.25, 0.3) is 0 Å². The zero-order valence-electron chi connectivity index (χ0n) is 11.9. The zero-order valence-corrected chi connectivity index (χ0v) is 11.9. The Bertz CT molecular complexity index is 632. The molecule has 0 amide bonds. The van der Waals surface area contributed by atoms with Gasteiger partial charge in [-0.25, -0.2) is 0 Å². The number of rotatable bonds is 3. The number of para-hydroxylation sites is 1. The van der Waals surface area contributed by atoms with Crippen LogP contribution in [0.1, 0.15) is 37.1 Å². The van der Waals surface area contributed by atoms with Crippen LogP contribution in [0.4, 0.5) is 0 Å². The number of fused-ring (bicyclic) bond motifs is 3. The predicted octanol–water partition coefficient (Wildman–Crippen LogP) is 2.70. The van der Waals surface area contributed by atoms with Crippen molar-refractivity contribution < 1.29 is 9.53 Å². The van der Waals surface area contributed by atoms with Crippen molar-refractivity contribution in [3.8, 4) is 0 Å². The first-order valence-electron chi connectivity index (χ1n) is 7.14. The summed E-state index contributed by atoms with van der Waals surface area (Å²) in [5, 5.41) is 4.69. The molecule has 0 aliphatic heterocycles. The largest absolute Gasteiger partial charge is 0.468 e. The van der Waals surface area contributed by atoms with E-state index >= 15 is 0 Å². The summed E-state index contributed by atoms with van der Waals surface area (Å²) in [7, 11) is 1.43. The van der Waals surface area contributed by atoms with Gasteiger partial charge in [-0.3, -0.25) is 10.1 Å². The topological polar surface area (TPSA) is 54.1 Å². The lowest BCUT2D eigenvalue weighted by molar-refractivity contribution is -0.142. The molecule has 0 fully saturated rings. The molecule has 0 spiro atoms. The number of benzene rings is 1. The van der Waals surface area contributed by atoms with Crippen LogP contribution < -0.4 is 5.32 Å². The molecule has 1 aliphatic carbocycles. The first-order valence-corrected chi connectivity index (χ1v) is 7.14. The first-order chi connectivity index (χ1) is 9.70. The Labute approximate surface area is 118 Å². The Morgan fingerprint density at radius 1 is 1.45 bits per heavy atom. The van der Waals surface area contributed by atoms with E-state index in [1.54, 1.807) is 0 Å². The maximum absolute atomic E-state index is 11.6. The van der Waals surface area contributed by atoms with E-state index in [4.69, 9.17) is 4.74 Å². The Balaban J connectivity index is 1.92. The number of aromatic amines is 1. The monoisotopic (exact) mass is 272 g/mol. The van der Waals surface area contributed by atoms with Crippen LogP contribution in [0.25, 0.3) is 10.9 Å². The maximum Gasteiger partial charge on any atom is 0.322 e. The summed E-state index contributed by atoms with van der Waals surface area (Å²) in [5.41, 5.74) is 3.80. The Morgan fingerprint density at radius 3 is 3.05 bits per heavy atom. The third-order valence-electron chi connectivity index (χ3n) is 4.12. The van der Waals surface area contributed by atoms with Gasteiger partial charge in [-0.05, 0) is 37.8 Å². The number of hydrogen-bond acceptors (Lipinski definition) is 3. The van der Waals surface area contributed by atoms with Gasteiger partial charge in [0.1, 0.15) is 6.04 Å². The number of H-pyrrole nitrogens is 1. The van der Waals surface area contributed by atoms with E-state index in [-0.39, 0.29) is 18.1 Å². The number of hydrogen-bond donors (Lipinski definition) is 2. The van der Waals surface area contributed by atoms with Crippen LogP contribution in [0.15, 0.2) is 24.3 Å². The number of methoxy groups -OCH3 is 1. The number of ether oxygens (including phenoxy) is 1. The molecule has 1 aromatic carbocycles. The van der Waals surface area contributed by atoms with Crippen molar-refractivity contribution in [1.29, 1.82) is 0 Å². The average Bonchev–Trinajstić information content (AvgIpc) is 2.86. The third-order valence-corrected chi connectivity index (χ3v) is 4.12. The number of carbonyl (C=O) groups is 1. The number of aryl methyl sites for hydroxylation is 1. The lowest BCUT2D eigenvalue weighted by atomic mass is 9.91. The molecule has 2 aromatic rings. The fraction of sp³-hybridized carbons (Fsp3) is 0.438. The van der Waals surface area contributed by atoms with Crippen LogP contribution in [0.3, 0.4) is 0 Å². The molecule has 1 heterocycles. The van der Waals surface area contributed by atoms with Gasteiger partial charge >= 0.3 is 5.97 Å². The van der Waals surface area contributed by atoms with Crippen molar-refractivity contribution >= 4 is 16.9 Å². The number of nitrogens with one attached hydrogen (secondary N) is 2. The van der Waals surface area contributed by atoms with E-state index in [2.05, 4.69) is 28.5 Å². The molecular formula is C16H20N2O2. The van der Waals surface area contributed by atoms with E-state index < -0.39 is 0 Å². The van der Waals surface area contributed by atoms with E-state index in [0.717, 1.165) is 19.3 Å². The van der Waals surface area contributed by atoms with Crippen molar-refractivity contribution in [2.75, 3.05) is 7.11 Å². The smallest absolute Gasteiger partial charge is 0.322 e. The van der Waals surface area contributed by atoms with E-state index in [1.807, 2.05) is 13.0 Å². The molecule has 2 unspecified atom stereocenters. The molecule has 0 saturated heterocycles. The predicted molar refractivity (Wildman–Crippen MR) is 78.6 cm³/mol. The second-order valence-electron chi connectivity index (χ2n) is 5.42. The fourth-order valence-electron chi connectivity index (χ4n) is 3.13. The summed E-state index contributed by atoms with van der Waals surface area (Å²) in [6.45, 7) is 1.85. The van der Waals surface area contributed by atoms with Crippen LogP contribution in [0, 0.1) is 0 Å². The Morgan fingerprint density at radius 2 is 2.25 bits per heavy atom. The molecule has 2 atom stereocenters. The summed E-state index contributed by atoms with van der Waals surface area (Å²) in [5.74, 6) is -0.215. The molecule has 1 aromatic heterocycles. The highest BCUT2D eigenvalue weighted by molar-refractivity contribution is 5.85. The molecular weight excluding hydrogens is 252 g/mol. The Kier molecular flexibility index (Phi) is 3.49. The lowest BCUT2D eigenvalue weighted by Gasteiger charge is -2.26. The third kappa shape index (κ3) is 2.20. The van der Waals surface area contributed by atoms with Gasteiger partial charge in [0.2, 0.25) is 0 Å². The summed E-state index contributed by atoms with van der Waals surface area (Å²) < 4.78 is 4.79. The SMILES string of the molecule is COC(=O)C(C)NC1CCCc2c1[nH]c1ccccc21. The zero-order chi connectivity index (χ0) is 14.1. The van der Waals surface area contributed by atoms with E-state index in [1.165, 1.54) is 29.3 Å². The highest BCUT2D eigenvalue weighted by Crippen LogP contribution is 2.34. The first kappa shape index (κ1) is 13.2. The standard InChI is InChI=1S/C16H20N2O2/c1-10(16(19)20-2)17-14-9-5-7-12-11-6-3-4-8-13(11)18-15(12)14/h3-4,6,8,10,14,17-18H,5,7,9H2,1-2H3. The molecule has 4 heteroatoms. The Hall–Kier alpha value is -1.81. The molecule has 2 N–H and O–H groups in total. The number of esters is 1. The molecule has 0 bridgehead atoms.